The summed E-state index contributed by atoms with van der Waals surface area (Å²) in [6.07, 6.45) is 2.71. The molecule has 2 rings (SSSR count). The van der Waals surface area contributed by atoms with Crippen molar-refractivity contribution in [1.82, 2.24) is 4.98 Å². The highest BCUT2D eigenvalue weighted by atomic mass is 32.2. The molecule has 1 aromatic heterocycles. The Morgan fingerprint density at radius 2 is 2.53 bits per heavy atom. The Labute approximate surface area is 104 Å². The molecule has 0 bridgehead atoms. The summed E-state index contributed by atoms with van der Waals surface area (Å²) in [4.78, 5) is 3.82. The Bertz CT molecular complexity index is 383. The van der Waals surface area contributed by atoms with E-state index in [1.54, 1.807) is 18.7 Å². The summed E-state index contributed by atoms with van der Waals surface area (Å²) in [6, 6.07) is 1.53. The third kappa shape index (κ3) is 2.72. The fourth-order valence-electron chi connectivity index (χ4n) is 1.96. The zero-order chi connectivity index (χ0) is 12.3. The van der Waals surface area contributed by atoms with E-state index in [4.69, 9.17) is 4.74 Å². The van der Waals surface area contributed by atoms with Crippen molar-refractivity contribution in [3.8, 4) is 5.88 Å². The number of hydrogen-bond acceptors (Lipinski definition) is 4. The Balaban J connectivity index is 2.21. The molecule has 0 spiro atoms. The van der Waals surface area contributed by atoms with E-state index < -0.39 is 11.9 Å². The highest BCUT2D eigenvalue weighted by Gasteiger charge is 2.28. The summed E-state index contributed by atoms with van der Waals surface area (Å²) >= 11 is 1.70. The molecule has 0 amide bonds. The SMILES string of the molecule is CCOc1nccc(C(O)C2CCCS2)c1F. The van der Waals surface area contributed by atoms with E-state index in [1.807, 2.05) is 0 Å². The van der Waals surface area contributed by atoms with Crippen molar-refractivity contribution in [3.63, 3.8) is 0 Å². The van der Waals surface area contributed by atoms with Gasteiger partial charge in [-0.2, -0.15) is 11.8 Å². The number of halogens is 1. The number of hydrogen-bond donors (Lipinski definition) is 1. The van der Waals surface area contributed by atoms with Gasteiger partial charge in [-0.3, -0.25) is 0 Å². The third-order valence-electron chi connectivity index (χ3n) is 2.80. The van der Waals surface area contributed by atoms with Gasteiger partial charge in [-0.05, 0) is 31.6 Å². The summed E-state index contributed by atoms with van der Waals surface area (Å²) in [7, 11) is 0. The van der Waals surface area contributed by atoms with Crippen LogP contribution in [0.3, 0.4) is 0 Å². The molecule has 1 saturated heterocycles. The largest absolute Gasteiger partial charge is 0.476 e. The van der Waals surface area contributed by atoms with Crippen LogP contribution in [0.1, 0.15) is 31.4 Å². The molecule has 2 atom stereocenters. The third-order valence-corrected chi connectivity index (χ3v) is 4.25. The van der Waals surface area contributed by atoms with Gasteiger partial charge in [0.15, 0.2) is 5.82 Å². The van der Waals surface area contributed by atoms with Crippen LogP contribution in [0, 0.1) is 5.82 Å². The lowest BCUT2D eigenvalue weighted by atomic mass is 10.0. The van der Waals surface area contributed by atoms with Gasteiger partial charge >= 0.3 is 0 Å². The number of nitrogens with zero attached hydrogens (tertiary/aromatic N) is 1. The molecule has 0 aliphatic carbocycles. The van der Waals surface area contributed by atoms with Gasteiger partial charge in [0.05, 0.1) is 12.7 Å². The molecule has 2 heterocycles. The van der Waals surface area contributed by atoms with Crippen LogP contribution in [0.2, 0.25) is 0 Å². The minimum atomic E-state index is -0.773. The average Bonchev–Trinajstić information content (AvgIpc) is 2.85. The standard InChI is InChI=1S/C12H16FNO2S/c1-2-16-12-10(13)8(5-6-14-12)11(15)9-4-3-7-17-9/h5-6,9,11,15H,2-4,7H2,1H3. The molecule has 2 unspecified atom stereocenters. The first-order valence-electron chi connectivity index (χ1n) is 5.81. The van der Waals surface area contributed by atoms with E-state index in [0.717, 1.165) is 18.6 Å². The van der Waals surface area contributed by atoms with E-state index in [0.29, 0.717) is 12.2 Å². The molecule has 0 radical (unpaired) electrons. The fourth-order valence-corrected chi connectivity index (χ4v) is 3.25. The number of rotatable bonds is 4. The maximum absolute atomic E-state index is 14.0. The summed E-state index contributed by atoms with van der Waals surface area (Å²) in [5.74, 6) is 0.480. The second-order valence-electron chi connectivity index (χ2n) is 3.95. The van der Waals surface area contributed by atoms with Crippen LogP contribution in [-0.2, 0) is 0 Å². The van der Waals surface area contributed by atoms with E-state index in [1.165, 1.54) is 12.3 Å². The molecular weight excluding hydrogens is 241 g/mol. The van der Waals surface area contributed by atoms with Crippen molar-refractivity contribution in [3.05, 3.63) is 23.6 Å². The molecule has 1 aromatic rings. The maximum Gasteiger partial charge on any atom is 0.250 e. The van der Waals surface area contributed by atoms with E-state index in [2.05, 4.69) is 4.98 Å². The molecule has 17 heavy (non-hydrogen) atoms. The summed E-state index contributed by atoms with van der Waals surface area (Å²) in [5, 5.41) is 10.2. The number of aliphatic hydroxyl groups is 1. The minimum Gasteiger partial charge on any atom is -0.476 e. The molecule has 1 aliphatic heterocycles. The van der Waals surface area contributed by atoms with Gasteiger partial charge in [-0.1, -0.05) is 0 Å². The highest BCUT2D eigenvalue weighted by Crippen LogP contribution is 2.37. The lowest BCUT2D eigenvalue weighted by Crippen LogP contribution is -2.14. The molecule has 0 saturated carbocycles. The van der Waals surface area contributed by atoms with Crippen LogP contribution in [0.25, 0.3) is 0 Å². The molecule has 5 heteroatoms. The van der Waals surface area contributed by atoms with Gasteiger partial charge in [-0.25, -0.2) is 9.37 Å². The van der Waals surface area contributed by atoms with Crippen molar-refractivity contribution in [1.29, 1.82) is 0 Å². The normalized spacial score (nSPS) is 21.5. The van der Waals surface area contributed by atoms with Crippen LogP contribution >= 0.6 is 11.8 Å². The van der Waals surface area contributed by atoms with Crippen LogP contribution in [0.4, 0.5) is 4.39 Å². The number of pyridine rings is 1. The summed E-state index contributed by atoms with van der Waals surface area (Å²) < 4.78 is 19.1. The monoisotopic (exact) mass is 257 g/mol. The van der Waals surface area contributed by atoms with Gasteiger partial charge in [0.25, 0.3) is 5.88 Å². The first-order valence-corrected chi connectivity index (χ1v) is 6.85. The van der Waals surface area contributed by atoms with Crippen LogP contribution < -0.4 is 4.74 Å². The molecule has 94 valence electrons. The molecular formula is C12H16FNO2S. The Hall–Kier alpha value is -0.810. The zero-order valence-corrected chi connectivity index (χ0v) is 10.5. The minimum absolute atomic E-state index is 0.0213. The quantitative estimate of drug-likeness (QED) is 0.900. The molecule has 1 N–H and O–H groups in total. The fraction of sp³-hybridized carbons (Fsp3) is 0.583. The van der Waals surface area contributed by atoms with Crippen LogP contribution in [0.15, 0.2) is 12.3 Å². The van der Waals surface area contributed by atoms with Crippen molar-refractivity contribution in [2.75, 3.05) is 12.4 Å². The number of thioether (sulfide) groups is 1. The maximum atomic E-state index is 14.0. The number of aromatic nitrogens is 1. The lowest BCUT2D eigenvalue weighted by molar-refractivity contribution is 0.166. The number of ether oxygens (including phenoxy) is 1. The predicted molar refractivity (Wildman–Crippen MR) is 65.8 cm³/mol. The molecule has 1 aliphatic rings. The first-order chi connectivity index (χ1) is 8.24. The van der Waals surface area contributed by atoms with Crippen molar-refractivity contribution < 1.29 is 14.2 Å². The predicted octanol–water partition coefficient (Wildman–Crippen LogP) is 2.55. The second-order valence-corrected chi connectivity index (χ2v) is 5.30. The second kappa shape index (κ2) is 5.69. The van der Waals surface area contributed by atoms with E-state index >= 15 is 0 Å². The van der Waals surface area contributed by atoms with Crippen molar-refractivity contribution >= 4 is 11.8 Å². The Morgan fingerprint density at radius 3 is 3.18 bits per heavy atom. The summed E-state index contributed by atoms with van der Waals surface area (Å²) in [5.41, 5.74) is 0.294. The zero-order valence-electron chi connectivity index (χ0n) is 9.73. The van der Waals surface area contributed by atoms with Crippen molar-refractivity contribution in [2.24, 2.45) is 0 Å². The van der Waals surface area contributed by atoms with Crippen LogP contribution in [-0.4, -0.2) is 27.7 Å². The van der Waals surface area contributed by atoms with Gasteiger partial charge in [0.2, 0.25) is 0 Å². The smallest absolute Gasteiger partial charge is 0.250 e. The first kappa shape index (κ1) is 12.6. The highest BCUT2D eigenvalue weighted by molar-refractivity contribution is 8.00. The van der Waals surface area contributed by atoms with E-state index in [9.17, 15) is 9.50 Å². The molecule has 0 aromatic carbocycles. The summed E-state index contributed by atoms with van der Waals surface area (Å²) in [6.45, 7) is 2.14. The van der Waals surface area contributed by atoms with E-state index in [-0.39, 0.29) is 11.1 Å². The van der Waals surface area contributed by atoms with Crippen molar-refractivity contribution in [2.45, 2.75) is 31.1 Å². The topological polar surface area (TPSA) is 42.4 Å². The lowest BCUT2D eigenvalue weighted by Gasteiger charge is -2.18. The van der Waals surface area contributed by atoms with Crippen LogP contribution in [0.5, 0.6) is 5.88 Å². The van der Waals surface area contributed by atoms with Gasteiger partial charge in [0.1, 0.15) is 0 Å². The van der Waals surface area contributed by atoms with Gasteiger partial charge < -0.3 is 9.84 Å². The average molecular weight is 257 g/mol. The van der Waals surface area contributed by atoms with Gasteiger partial charge in [0, 0.05) is 17.0 Å². The Kier molecular flexibility index (Phi) is 4.23. The Morgan fingerprint density at radius 1 is 1.71 bits per heavy atom. The van der Waals surface area contributed by atoms with Gasteiger partial charge in [-0.15, -0.1) is 0 Å². The number of aliphatic hydroxyl groups excluding tert-OH is 1. The molecule has 1 fully saturated rings. The molecule has 3 nitrogen and oxygen atoms in total.